The van der Waals surface area contributed by atoms with E-state index in [2.05, 4.69) is 5.32 Å². The van der Waals surface area contributed by atoms with Gasteiger partial charge in [0.25, 0.3) is 11.8 Å². The lowest BCUT2D eigenvalue weighted by atomic mass is 9.93. The first-order chi connectivity index (χ1) is 13.1. The molecule has 0 saturated carbocycles. The molecule has 3 rings (SSSR count). The van der Waals surface area contributed by atoms with Crippen LogP contribution in [0.1, 0.15) is 40.0 Å². The van der Waals surface area contributed by atoms with Crippen molar-refractivity contribution in [3.05, 3.63) is 71.3 Å². The Kier molecular flexibility index (Phi) is 6.16. The molecule has 0 spiro atoms. The van der Waals surface area contributed by atoms with E-state index < -0.39 is 23.1 Å². The molecule has 0 atom stereocenters. The number of nitrogens with one attached hydrogen (secondary N) is 1. The van der Waals surface area contributed by atoms with Crippen LogP contribution in [-0.2, 0) is 0 Å². The van der Waals surface area contributed by atoms with Crippen LogP contribution in [-0.4, -0.2) is 36.3 Å². The van der Waals surface area contributed by atoms with E-state index in [0.717, 1.165) is 31.4 Å². The Morgan fingerprint density at radius 3 is 2.22 bits per heavy atom. The Morgan fingerprint density at radius 2 is 1.59 bits per heavy atom. The first-order valence-corrected chi connectivity index (χ1v) is 9.13. The minimum absolute atomic E-state index is 0.0392. The summed E-state index contributed by atoms with van der Waals surface area (Å²) >= 11 is 0. The molecule has 1 aliphatic heterocycles. The van der Waals surface area contributed by atoms with Gasteiger partial charge in [-0.25, -0.2) is 8.78 Å². The fourth-order valence-electron chi connectivity index (χ4n) is 3.38. The van der Waals surface area contributed by atoms with E-state index in [1.807, 2.05) is 35.2 Å². The zero-order valence-electron chi connectivity index (χ0n) is 15.0. The van der Waals surface area contributed by atoms with Crippen molar-refractivity contribution in [3.63, 3.8) is 0 Å². The monoisotopic (exact) mass is 372 g/mol. The van der Waals surface area contributed by atoms with Gasteiger partial charge < -0.3 is 10.2 Å². The molecule has 1 fully saturated rings. The van der Waals surface area contributed by atoms with Crippen LogP contribution in [0.4, 0.5) is 8.78 Å². The van der Waals surface area contributed by atoms with Crippen molar-refractivity contribution < 1.29 is 18.4 Å². The standard InChI is InChI=1S/C21H22F2N2O2/c22-17-7-4-8-18(23)19(17)20(26)24-12-9-15-10-13-25(14-11-15)21(27)16-5-2-1-3-6-16/h1-8,15H,9-14H2,(H,24,26). The number of nitrogens with zero attached hydrogens (tertiary/aromatic N) is 1. The van der Waals surface area contributed by atoms with Gasteiger partial charge in [0, 0.05) is 25.2 Å². The number of benzene rings is 2. The summed E-state index contributed by atoms with van der Waals surface area (Å²) in [6.07, 6.45) is 2.42. The number of hydrogen-bond donors (Lipinski definition) is 1. The van der Waals surface area contributed by atoms with Crippen molar-refractivity contribution in [2.75, 3.05) is 19.6 Å². The minimum Gasteiger partial charge on any atom is -0.352 e. The van der Waals surface area contributed by atoms with Crippen LogP contribution in [0, 0.1) is 17.6 Å². The highest BCUT2D eigenvalue weighted by atomic mass is 19.1. The second kappa shape index (κ2) is 8.75. The lowest BCUT2D eigenvalue weighted by molar-refractivity contribution is 0.0687. The van der Waals surface area contributed by atoms with Crippen LogP contribution >= 0.6 is 0 Å². The van der Waals surface area contributed by atoms with Crippen molar-refractivity contribution in [2.24, 2.45) is 5.92 Å². The Bertz CT molecular complexity index is 783. The molecule has 142 valence electrons. The average Bonchev–Trinajstić information content (AvgIpc) is 2.68. The summed E-state index contributed by atoms with van der Waals surface area (Å²) in [5.41, 5.74) is 0.149. The Labute approximate surface area is 157 Å². The molecule has 2 amide bonds. The molecule has 1 saturated heterocycles. The normalized spacial score (nSPS) is 14.8. The fourth-order valence-corrected chi connectivity index (χ4v) is 3.38. The fraction of sp³-hybridized carbons (Fsp3) is 0.333. The highest BCUT2D eigenvalue weighted by Gasteiger charge is 2.24. The molecular formula is C21H22F2N2O2. The molecule has 4 nitrogen and oxygen atoms in total. The molecule has 0 aromatic heterocycles. The van der Waals surface area contributed by atoms with Crippen molar-refractivity contribution in [3.8, 4) is 0 Å². The molecule has 0 unspecified atom stereocenters. The Morgan fingerprint density at radius 1 is 0.963 bits per heavy atom. The van der Waals surface area contributed by atoms with Gasteiger partial charge in [-0.1, -0.05) is 24.3 Å². The van der Waals surface area contributed by atoms with Gasteiger partial charge in [0.1, 0.15) is 17.2 Å². The lowest BCUT2D eigenvalue weighted by Gasteiger charge is -2.32. The third-order valence-corrected chi connectivity index (χ3v) is 4.95. The number of halogens is 2. The molecule has 27 heavy (non-hydrogen) atoms. The molecule has 0 radical (unpaired) electrons. The third kappa shape index (κ3) is 4.70. The number of carbonyl (C=O) groups excluding carboxylic acids is 2. The smallest absolute Gasteiger partial charge is 0.257 e. The summed E-state index contributed by atoms with van der Waals surface area (Å²) in [5, 5.41) is 2.59. The molecule has 0 aliphatic carbocycles. The lowest BCUT2D eigenvalue weighted by Crippen LogP contribution is -2.39. The van der Waals surface area contributed by atoms with Crippen LogP contribution < -0.4 is 5.32 Å². The molecule has 1 heterocycles. The maximum absolute atomic E-state index is 13.6. The van der Waals surface area contributed by atoms with Crippen molar-refractivity contribution >= 4 is 11.8 Å². The van der Waals surface area contributed by atoms with E-state index in [1.54, 1.807) is 0 Å². The molecule has 0 bridgehead atoms. The summed E-state index contributed by atoms with van der Waals surface area (Å²) < 4.78 is 27.2. The summed E-state index contributed by atoms with van der Waals surface area (Å²) in [7, 11) is 0. The number of hydrogen-bond acceptors (Lipinski definition) is 2. The molecule has 1 aliphatic rings. The van der Waals surface area contributed by atoms with Gasteiger partial charge in [-0.2, -0.15) is 0 Å². The quantitative estimate of drug-likeness (QED) is 0.871. The predicted octanol–water partition coefficient (Wildman–Crippen LogP) is 3.64. The van der Waals surface area contributed by atoms with Gasteiger partial charge in [-0.3, -0.25) is 9.59 Å². The summed E-state index contributed by atoms with van der Waals surface area (Å²) in [6, 6.07) is 12.6. The van der Waals surface area contributed by atoms with Crippen molar-refractivity contribution in [2.45, 2.75) is 19.3 Å². The molecule has 1 N–H and O–H groups in total. The van der Waals surface area contributed by atoms with Gasteiger partial charge in [0.2, 0.25) is 0 Å². The SMILES string of the molecule is O=C(NCCC1CCN(C(=O)c2ccccc2)CC1)c1c(F)cccc1F. The van der Waals surface area contributed by atoms with Gasteiger partial charge in [0.15, 0.2) is 0 Å². The molecule has 2 aromatic carbocycles. The van der Waals surface area contributed by atoms with Crippen LogP contribution in [0.15, 0.2) is 48.5 Å². The zero-order valence-corrected chi connectivity index (χ0v) is 15.0. The second-order valence-corrected chi connectivity index (χ2v) is 6.74. The van der Waals surface area contributed by atoms with E-state index in [-0.39, 0.29) is 5.91 Å². The van der Waals surface area contributed by atoms with Crippen molar-refractivity contribution in [1.29, 1.82) is 0 Å². The van der Waals surface area contributed by atoms with Crippen LogP contribution in [0.25, 0.3) is 0 Å². The topological polar surface area (TPSA) is 49.4 Å². The van der Waals surface area contributed by atoms with E-state index in [1.165, 1.54) is 6.07 Å². The summed E-state index contributed by atoms with van der Waals surface area (Å²) in [4.78, 5) is 26.3. The first kappa shape index (κ1) is 19.0. The first-order valence-electron chi connectivity index (χ1n) is 9.13. The molecule has 2 aromatic rings. The van der Waals surface area contributed by atoms with Gasteiger partial charge in [-0.05, 0) is 49.4 Å². The highest BCUT2D eigenvalue weighted by molar-refractivity contribution is 5.95. The summed E-state index contributed by atoms with van der Waals surface area (Å²) in [6.45, 7) is 1.70. The van der Waals surface area contributed by atoms with Crippen LogP contribution in [0.3, 0.4) is 0 Å². The maximum atomic E-state index is 13.6. The predicted molar refractivity (Wildman–Crippen MR) is 98.4 cm³/mol. The molecular weight excluding hydrogens is 350 g/mol. The van der Waals surface area contributed by atoms with E-state index in [4.69, 9.17) is 0 Å². The Hall–Kier alpha value is -2.76. The van der Waals surface area contributed by atoms with Gasteiger partial charge in [-0.15, -0.1) is 0 Å². The van der Waals surface area contributed by atoms with Gasteiger partial charge >= 0.3 is 0 Å². The van der Waals surface area contributed by atoms with Crippen LogP contribution in [0.5, 0.6) is 0 Å². The van der Waals surface area contributed by atoms with Crippen molar-refractivity contribution in [1.82, 2.24) is 10.2 Å². The number of piperidine rings is 1. The number of likely N-dealkylation sites (tertiary alicyclic amines) is 1. The summed E-state index contributed by atoms with van der Waals surface area (Å²) in [5.74, 6) is -2.05. The number of carbonyl (C=O) groups is 2. The van der Waals surface area contributed by atoms with Crippen LogP contribution in [0.2, 0.25) is 0 Å². The van der Waals surface area contributed by atoms with E-state index in [9.17, 15) is 18.4 Å². The third-order valence-electron chi connectivity index (χ3n) is 4.95. The maximum Gasteiger partial charge on any atom is 0.257 e. The second-order valence-electron chi connectivity index (χ2n) is 6.74. The molecule has 6 heteroatoms. The van der Waals surface area contributed by atoms with E-state index >= 15 is 0 Å². The Balaban J connectivity index is 1.44. The highest BCUT2D eigenvalue weighted by Crippen LogP contribution is 2.21. The van der Waals surface area contributed by atoms with E-state index in [0.29, 0.717) is 31.1 Å². The zero-order chi connectivity index (χ0) is 19.2. The number of rotatable bonds is 5. The average molecular weight is 372 g/mol. The van der Waals surface area contributed by atoms with Gasteiger partial charge in [0.05, 0.1) is 0 Å². The minimum atomic E-state index is -0.861. The largest absolute Gasteiger partial charge is 0.352 e. The number of amides is 2.